The van der Waals surface area contributed by atoms with Crippen LogP contribution in [0.5, 0.6) is 0 Å². The molecule has 110 valence electrons. The van der Waals surface area contributed by atoms with E-state index in [1.165, 1.54) is 0 Å². The van der Waals surface area contributed by atoms with Gasteiger partial charge in [-0.05, 0) is 43.2 Å². The number of carbonyl (C=O) groups excluding carboxylic acids is 1. The van der Waals surface area contributed by atoms with Gasteiger partial charge >= 0.3 is 6.03 Å². The maximum absolute atomic E-state index is 11.8. The number of amides is 2. The van der Waals surface area contributed by atoms with Gasteiger partial charge in [-0.2, -0.15) is 0 Å². The molecule has 0 spiro atoms. The average Bonchev–Trinajstić information content (AvgIpc) is 2.42. The van der Waals surface area contributed by atoms with E-state index in [2.05, 4.69) is 24.5 Å². The smallest absolute Gasteiger partial charge is 0.319 e. The van der Waals surface area contributed by atoms with Gasteiger partial charge in [-0.1, -0.05) is 32.0 Å². The summed E-state index contributed by atoms with van der Waals surface area (Å²) in [5.74, 6) is 0. The van der Waals surface area contributed by atoms with Crippen molar-refractivity contribution in [3.8, 4) is 0 Å². The van der Waals surface area contributed by atoms with Gasteiger partial charge in [0, 0.05) is 12.2 Å². The van der Waals surface area contributed by atoms with Crippen molar-refractivity contribution in [1.29, 1.82) is 0 Å². The highest BCUT2D eigenvalue weighted by atomic mass is 16.3. The molecule has 1 aliphatic rings. The second-order valence-corrected chi connectivity index (χ2v) is 6.56. The third-order valence-corrected chi connectivity index (χ3v) is 4.14. The molecule has 0 aromatic heterocycles. The number of para-hydroxylation sites is 1. The van der Waals surface area contributed by atoms with Crippen LogP contribution in [-0.2, 0) is 0 Å². The molecule has 1 fully saturated rings. The molecule has 0 radical (unpaired) electrons. The van der Waals surface area contributed by atoms with Crippen molar-refractivity contribution in [2.24, 2.45) is 5.41 Å². The van der Waals surface area contributed by atoms with Crippen molar-refractivity contribution >= 4 is 11.7 Å². The van der Waals surface area contributed by atoms with E-state index < -0.39 is 5.60 Å². The van der Waals surface area contributed by atoms with Gasteiger partial charge in [0.1, 0.15) is 0 Å². The fraction of sp³-hybridized carbons (Fsp3) is 0.562. The summed E-state index contributed by atoms with van der Waals surface area (Å²) in [4.78, 5) is 11.8. The number of hydrogen-bond acceptors (Lipinski definition) is 2. The maximum Gasteiger partial charge on any atom is 0.319 e. The lowest BCUT2D eigenvalue weighted by Gasteiger charge is -2.40. The van der Waals surface area contributed by atoms with Crippen LogP contribution in [0.25, 0.3) is 0 Å². The van der Waals surface area contributed by atoms with Crippen LogP contribution in [-0.4, -0.2) is 23.3 Å². The van der Waals surface area contributed by atoms with Crippen molar-refractivity contribution in [2.45, 2.75) is 45.1 Å². The lowest BCUT2D eigenvalue weighted by molar-refractivity contribution is -0.0220. The zero-order valence-corrected chi connectivity index (χ0v) is 12.3. The fourth-order valence-corrected chi connectivity index (χ4v) is 2.51. The predicted molar refractivity (Wildman–Crippen MR) is 80.7 cm³/mol. The van der Waals surface area contributed by atoms with Crippen molar-refractivity contribution in [2.75, 3.05) is 11.9 Å². The molecule has 1 aromatic rings. The Morgan fingerprint density at radius 1 is 1.15 bits per heavy atom. The van der Waals surface area contributed by atoms with E-state index in [-0.39, 0.29) is 6.03 Å². The minimum atomic E-state index is -0.760. The van der Waals surface area contributed by atoms with Gasteiger partial charge in [0.05, 0.1) is 5.60 Å². The molecule has 20 heavy (non-hydrogen) atoms. The highest BCUT2D eigenvalue weighted by Crippen LogP contribution is 2.39. The first-order valence-corrected chi connectivity index (χ1v) is 7.21. The molecule has 0 bridgehead atoms. The van der Waals surface area contributed by atoms with Crippen molar-refractivity contribution in [1.82, 2.24) is 5.32 Å². The lowest BCUT2D eigenvalue weighted by Crippen LogP contribution is -2.47. The van der Waals surface area contributed by atoms with Crippen molar-refractivity contribution in [3.05, 3.63) is 30.3 Å². The van der Waals surface area contributed by atoms with Gasteiger partial charge in [-0.3, -0.25) is 0 Å². The molecule has 2 rings (SSSR count). The van der Waals surface area contributed by atoms with Crippen LogP contribution in [0.15, 0.2) is 30.3 Å². The van der Waals surface area contributed by atoms with E-state index in [4.69, 9.17) is 0 Å². The number of urea groups is 1. The molecule has 0 heterocycles. The van der Waals surface area contributed by atoms with Gasteiger partial charge in [0.2, 0.25) is 0 Å². The Bertz CT molecular complexity index is 447. The Morgan fingerprint density at radius 3 is 2.35 bits per heavy atom. The average molecular weight is 276 g/mol. The van der Waals surface area contributed by atoms with Gasteiger partial charge in [-0.25, -0.2) is 4.79 Å². The molecule has 3 N–H and O–H groups in total. The molecule has 4 nitrogen and oxygen atoms in total. The molecule has 4 heteroatoms. The van der Waals surface area contributed by atoms with Gasteiger partial charge in [-0.15, -0.1) is 0 Å². The number of hydrogen-bond donors (Lipinski definition) is 3. The first-order chi connectivity index (χ1) is 9.39. The Kier molecular flexibility index (Phi) is 4.33. The molecule has 0 saturated heterocycles. The quantitative estimate of drug-likeness (QED) is 0.794. The molecule has 1 aromatic carbocycles. The summed E-state index contributed by atoms with van der Waals surface area (Å²) in [7, 11) is 0. The van der Waals surface area contributed by atoms with E-state index in [0.717, 1.165) is 31.4 Å². The van der Waals surface area contributed by atoms with Crippen molar-refractivity contribution < 1.29 is 9.90 Å². The standard InChI is InChI=1S/C16H24N2O2/c1-15(2)8-10-16(20,11-9-15)12-17-14(19)18-13-6-4-3-5-7-13/h3-7,20H,8-12H2,1-2H3,(H2,17,18,19). The second-order valence-electron chi connectivity index (χ2n) is 6.56. The minimum absolute atomic E-state index is 0.269. The fourth-order valence-electron chi connectivity index (χ4n) is 2.51. The molecular formula is C16H24N2O2. The third kappa shape index (κ3) is 4.23. The summed E-state index contributed by atoms with van der Waals surface area (Å²) in [5, 5.41) is 16.0. The maximum atomic E-state index is 11.8. The topological polar surface area (TPSA) is 61.4 Å². The number of carbonyl (C=O) groups is 1. The summed E-state index contributed by atoms with van der Waals surface area (Å²) in [5.41, 5.74) is 0.295. The predicted octanol–water partition coefficient (Wildman–Crippen LogP) is 3.14. The van der Waals surface area contributed by atoms with E-state index in [0.29, 0.717) is 12.0 Å². The van der Waals surface area contributed by atoms with Crippen LogP contribution in [0.4, 0.5) is 10.5 Å². The molecule has 1 saturated carbocycles. The third-order valence-electron chi connectivity index (χ3n) is 4.14. The zero-order valence-electron chi connectivity index (χ0n) is 12.3. The summed E-state index contributed by atoms with van der Waals surface area (Å²) in [6.45, 7) is 4.76. The van der Waals surface area contributed by atoms with E-state index in [9.17, 15) is 9.90 Å². The molecular weight excluding hydrogens is 252 g/mol. The highest BCUT2D eigenvalue weighted by molar-refractivity contribution is 5.89. The monoisotopic (exact) mass is 276 g/mol. The van der Waals surface area contributed by atoms with Crippen LogP contribution >= 0.6 is 0 Å². The van der Waals surface area contributed by atoms with Gasteiger partial charge < -0.3 is 15.7 Å². The van der Waals surface area contributed by atoms with Crippen molar-refractivity contribution in [3.63, 3.8) is 0 Å². The van der Waals surface area contributed by atoms with Crippen LogP contribution in [0, 0.1) is 5.41 Å². The summed E-state index contributed by atoms with van der Waals surface area (Å²) in [6.07, 6.45) is 3.47. The zero-order chi connectivity index (χ0) is 14.6. The number of nitrogens with one attached hydrogen (secondary N) is 2. The van der Waals surface area contributed by atoms with Crippen LogP contribution in [0.3, 0.4) is 0 Å². The van der Waals surface area contributed by atoms with E-state index >= 15 is 0 Å². The SMILES string of the molecule is CC1(C)CCC(O)(CNC(=O)Nc2ccccc2)CC1. The molecule has 0 aliphatic heterocycles. The summed E-state index contributed by atoms with van der Waals surface area (Å²) >= 11 is 0. The van der Waals surface area contributed by atoms with E-state index in [1.54, 1.807) is 0 Å². The Hall–Kier alpha value is -1.55. The largest absolute Gasteiger partial charge is 0.388 e. The first-order valence-electron chi connectivity index (χ1n) is 7.21. The normalized spacial score (nSPS) is 20.1. The van der Waals surface area contributed by atoms with Gasteiger partial charge in [0.25, 0.3) is 0 Å². The lowest BCUT2D eigenvalue weighted by atomic mass is 9.71. The van der Waals surface area contributed by atoms with Gasteiger partial charge in [0.15, 0.2) is 0 Å². The Labute approximate surface area is 120 Å². The second kappa shape index (κ2) is 5.83. The van der Waals surface area contributed by atoms with Crippen LogP contribution in [0.2, 0.25) is 0 Å². The minimum Gasteiger partial charge on any atom is -0.388 e. The Morgan fingerprint density at radius 2 is 1.75 bits per heavy atom. The molecule has 2 amide bonds. The number of rotatable bonds is 3. The number of anilines is 1. The molecule has 0 unspecified atom stereocenters. The number of benzene rings is 1. The Balaban J connectivity index is 1.79. The highest BCUT2D eigenvalue weighted by Gasteiger charge is 2.36. The van der Waals surface area contributed by atoms with Crippen LogP contribution in [0.1, 0.15) is 39.5 Å². The molecule has 0 atom stereocenters. The summed E-state index contributed by atoms with van der Waals surface area (Å²) < 4.78 is 0. The molecule has 1 aliphatic carbocycles. The van der Waals surface area contributed by atoms with Crippen LogP contribution < -0.4 is 10.6 Å². The van der Waals surface area contributed by atoms with E-state index in [1.807, 2.05) is 30.3 Å². The first kappa shape index (κ1) is 14.9. The summed E-state index contributed by atoms with van der Waals surface area (Å²) in [6, 6.07) is 9.03. The number of aliphatic hydroxyl groups is 1.